The highest BCUT2D eigenvalue weighted by Crippen LogP contribution is 2.35. The van der Waals surface area contributed by atoms with Crippen molar-refractivity contribution >= 4 is 5.97 Å². The van der Waals surface area contributed by atoms with Crippen LogP contribution in [0.1, 0.15) is 58.3 Å². The molecular formula is C15H27NO2. The monoisotopic (exact) mass is 253 g/mol. The number of nitrogens with one attached hydrogen (secondary N) is 1. The first kappa shape index (κ1) is 13.9. The van der Waals surface area contributed by atoms with Gasteiger partial charge in [-0.2, -0.15) is 0 Å². The summed E-state index contributed by atoms with van der Waals surface area (Å²) in [7, 11) is 1.50. The number of carbonyl (C=O) groups is 1. The molecule has 3 nitrogen and oxygen atoms in total. The van der Waals surface area contributed by atoms with Crippen molar-refractivity contribution in [3.63, 3.8) is 0 Å². The van der Waals surface area contributed by atoms with E-state index in [1.807, 2.05) is 0 Å². The average molecular weight is 253 g/mol. The molecule has 0 saturated heterocycles. The van der Waals surface area contributed by atoms with Crippen molar-refractivity contribution in [3.8, 4) is 0 Å². The van der Waals surface area contributed by atoms with Gasteiger partial charge in [0.25, 0.3) is 0 Å². The van der Waals surface area contributed by atoms with E-state index in [2.05, 4.69) is 12.2 Å². The van der Waals surface area contributed by atoms with E-state index in [1.165, 1.54) is 52.1 Å². The summed E-state index contributed by atoms with van der Waals surface area (Å²) in [5, 5.41) is 3.61. The van der Waals surface area contributed by atoms with Crippen molar-refractivity contribution in [2.24, 2.45) is 11.8 Å². The fourth-order valence-corrected chi connectivity index (χ4v) is 3.31. The van der Waals surface area contributed by atoms with Crippen molar-refractivity contribution in [2.75, 3.05) is 7.11 Å². The second-order valence-corrected chi connectivity index (χ2v) is 5.92. The van der Waals surface area contributed by atoms with Gasteiger partial charge in [-0.3, -0.25) is 4.79 Å². The smallest absolute Gasteiger partial charge is 0.323 e. The normalized spacial score (nSPS) is 24.6. The van der Waals surface area contributed by atoms with E-state index in [4.69, 9.17) is 4.74 Å². The molecule has 2 aliphatic carbocycles. The molecule has 2 rings (SSSR count). The van der Waals surface area contributed by atoms with Crippen molar-refractivity contribution in [3.05, 3.63) is 0 Å². The molecule has 2 saturated carbocycles. The number of esters is 1. The highest BCUT2D eigenvalue weighted by Gasteiger charge is 2.39. The Kier molecular flexibility index (Phi) is 5.04. The Morgan fingerprint density at radius 3 is 2.33 bits per heavy atom. The van der Waals surface area contributed by atoms with Crippen LogP contribution in [0.5, 0.6) is 0 Å². The molecule has 0 aromatic rings. The Hall–Kier alpha value is -0.570. The van der Waals surface area contributed by atoms with Gasteiger partial charge in [0.15, 0.2) is 0 Å². The molecule has 2 atom stereocenters. The van der Waals surface area contributed by atoms with E-state index >= 15 is 0 Å². The molecule has 104 valence electrons. The topological polar surface area (TPSA) is 38.3 Å². The zero-order valence-corrected chi connectivity index (χ0v) is 11.8. The molecule has 0 spiro atoms. The molecule has 0 aromatic heterocycles. The van der Waals surface area contributed by atoms with Crippen molar-refractivity contribution in [2.45, 2.75) is 70.4 Å². The van der Waals surface area contributed by atoms with Gasteiger partial charge in [-0.05, 0) is 43.9 Å². The van der Waals surface area contributed by atoms with Crippen LogP contribution in [-0.4, -0.2) is 25.2 Å². The number of hydrogen-bond acceptors (Lipinski definition) is 3. The molecule has 0 aliphatic heterocycles. The standard InChI is InChI=1S/C15H27NO2/c1-3-13(11-7-5-4-6-8-11)16-14(12-9-10-12)15(17)18-2/h11-14,16H,3-10H2,1-2H3. The third kappa shape index (κ3) is 3.47. The van der Waals surface area contributed by atoms with Crippen LogP contribution in [0.2, 0.25) is 0 Å². The number of hydrogen-bond donors (Lipinski definition) is 1. The number of rotatable bonds is 6. The van der Waals surface area contributed by atoms with Gasteiger partial charge >= 0.3 is 5.97 Å². The lowest BCUT2D eigenvalue weighted by atomic mass is 9.82. The van der Waals surface area contributed by atoms with Gasteiger partial charge in [-0.1, -0.05) is 26.2 Å². The van der Waals surface area contributed by atoms with Crippen LogP contribution in [0.4, 0.5) is 0 Å². The lowest BCUT2D eigenvalue weighted by Gasteiger charge is -2.32. The van der Waals surface area contributed by atoms with E-state index in [0.717, 1.165) is 12.3 Å². The van der Waals surface area contributed by atoms with E-state index < -0.39 is 0 Å². The van der Waals surface area contributed by atoms with Crippen LogP contribution in [0.15, 0.2) is 0 Å². The number of ether oxygens (including phenoxy) is 1. The molecular weight excluding hydrogens is 226 g/mol. The molecule has 0 radical (unpaired) electrons. The summed E-state index contributed by atoms with van der Waals surface area (Å²) < 4.78 is 4.94. The summed E-state index contributed by atoms with van der Waals surface area (Å²) in [4.78, 5) is 11.8. The Labute approximate surface area is 111 Å². The molecule has 0 aromatic carbocycles. The van der Waals surface area contributed by atoms with Crippen molar-refractivity contribution in [1.82, 2.24) is 5.32 Å². The van der Waals surface area contributed by atoms with E-state index in [-0.39, 0.29) is 12.0 Å². The Balaban J connectivity index is 1.92. The van der Waals surface area contributed by atoms with E-state index in [0.29, 0.717) is 12.0 Å². The predicted molar refractivity (Wildman–Crippen MR) is 72.3 cm³/mol. The molecule has 18 heavy (non-hydrogen) atoms. The molecule has 0 amide bonds. The number of carbonyl (C=O) groups excluding carboxylic acids is 1. The molecule has 0 bridgehead atoms. The zero-order chi connectivity index (χ0) is 13.0. The number of methoxy groups -OCH3 is 1. The fraction of sp³-hybridized carbons (Fsp3) is 0.933. The lowest BCUT2D eigenvalue weighted by molar-refractivity contribution is -0.144. The minimum Gasteiger partial charge on any atom is -0.468 e. The first-order chi connectivity index (χ1) is 8.76. The second kappa shape index (κ2) is 6.55. The SMILES string of the molecule is CCC(NC(C(=O)OC)C1CC1)C1CCCCC1. The molecule has 2 fully saturated rings. The first-order valence-electron chi connectivity index (χ1n) is 7.60. The zero-order valence-electron chi connectivity index (χ0n) is 11.8. The quantitative estimate of drug-likeness (QED) is 0.740. The van der Waals surface area contributed by atoms with Crippen molar-refractivity contribution in [1.29, 1.82) is 0 Å². The first-order valence-corrected chi connectivity index (χ1v) is 7.60. The van der Waals surface area contributed by atoms with Crippen LogP contribution < -0.4 is 5.32 Å². The second-order valence-electron chi connectivity index (χ2n) is 5.92. The van der Waals surface area contributed by atoms with Crippen molar-refractivity contribution < 1.29 is 9.53 Å². The van der Waals surface area contributed by atoms with Gasteiger partial charge in [-0.15, -0.1) is 0 Å². The summed E-state index contributed by atoms with van der Waals surface area (Å²) in [6.45, 7) is 2.23. The maximum absolute atomic E-state index is 11.8. The summed E-state index contributed by atoms with van der Waals surface area (Å²) in [5.41, 5.74) is 0. The summed E-state index contributed by atoms with van der Waals surface area (Å²) in [6.07, 6.45) is 10.2. The van der Waals surface area contributed by atoms with Gasteiger partial charge in [0.1, 0.15) is 6.04 Å². The summed E-state index contributed by atoms with van der Waals surface area (Å²) in [6, 6.07) is 0.442. The predicted octanol–water partition coefficient (Wildman–Crippen LogP) is 2.89. The third-order valence-electron chi connectivity index (χ3n) is 4.60. The van der Waals surface area contributed by atoms with E-state index in [1.54, 1.807) is 0 Å². The Morgan fingerprint density at radius 2 is 1.83 bits per heavy atom. The van der Waals surface area contributed by atoms with Gasteiger partial charge in [-0.25, -0.2) is 0 Å². The maximum atomic E-state index is 11.8. The van der Waals surface area contributed by atoms with Gasteiger partial charge in [0.05, 0.1) is 7.11 Å². The van der Waals surface area contributed by atoms with Crippen LogP contribution in [0.25, 0.3) is 0 Å². The van der Waals surface area contributed by atoms with E-state index in [9.17, 15) is 4.79 Å². The minimum atomic E-state index is -0.0632. The summed E-state index contributed by atoms with van der Waals surface area (Å²) >= 11 is 0. The van der Waals surface area contributed by atoms with Crippen LogP contribution in [0.3, 0.4) is 0 Å². The molecule has 3 heteroatoms. The third-order valence-corrected chi connectivity index (χ3v) is 4.60. The fourth-order valence-electron chi connectivity index (χ4n) is 3.31. The average Bonchev–Trinajstić information content (AvgIpc) is 3.25. The lowest BCUT2D eigenvalue weighted by Crippen LogP contribution is -2.48. The van der Waals surface area contributed by atoms with Crippen LogP contribution in [0, 0.1) is 11.8 Å². The Morgan fingerprint density at radius 1 is 1.17 bits per heavy atom. The highest BCUT2D eigenvalue weighted by atomic mass is 16.5. The van der Waals surface area contributed by atoms with Gasteiger partial charge in [0, 0.05) is 6.04 Å². The highest BCUT2D eigenvalue weighted by molar-refractivity contribution is 5.76. The minimum absolute atomic E-state index is 0.0538. The molecule has 1 N–H and O–H groups in total. The van der Waals surface area contributed by atoms with Gasteiger partial charge in [0.2, 0.25) is 0 Å². The molecule has 2 unspecified atom stereocenters. The maximum Gasteiger partial charge on any atom is 0.323 e. The Bertz CT molecular complexity index is 270. The molecule has 0 heterocycles. The molecule has 2 aliphatic rings. The summed E-state index contributed by atoms with van der Waals surface area (Å²) in [5.74, 6) is 1.22. The largest absolute Gasteiger partial charge is 0.468 e. The van der Waals surface area contributed by atoms with Crippen LogP contribution in [-0.2, 0) is 9.53 Å². The van der Waals surface area contributed by atoms with Crippen LogP contribution >= 0.6 is 0 Å². The van der Waals surface area contributed by atoms with Gasteiger partial charge < -0.3 is 10.1 Å².